The maximum absolute atomic E-state index is 3.47. The molecule has 0 amide bonds. The van der Waals surface area contributed by atoms with Crippen LogP contribution < -0.4 is 0 Å². The molecule has 6 aromatic carbocycles. The van der Waals surface area contributed by atoms with E-state index in [1.807, 2.05) is 6.07 Å². The van der Waals surface area contributed by atoms with E-state index in [9.17, 15) is 0 Å². The molecular weight excluding hydrogens is 312 g/mol. The molecule has 6 aromatic rings. The van der Waals surface area contributed by atoms with Crippen molar-refractivity contribution >= 4 is 53.9 Å². The van der Waals surface area contributed by atoms with E-state index in [2.05, 4.69) is 91.0 Å². The van der Waals surface area contributed by atoms with Crippen molar-refractivity contribution in [1.82, 2.24) is 0 Å². The summed E-state index contributed by atoms with van der Waals surface area (Å²) in [5.74, 6) is 0. The maximum atomic E-state index is 3.47. The van der Waals surface area contributed by atoms with Gasteiger partial charge in [0, 0.05) is 0 Å². The minimum atomic E-state index is 1.20. The van der Waals surface area contributed by atoms with E-state index in [0.717, 1.165) is 0 Å². The molecule has 0 fully saturated rings. The first-order valence-corrected chi connectivity index (χ1v) is 8.97. The fourth-order valence-electron chi connectivity index (χ4n) is 4.40. The molecular formula is C26H15. The quantitative estimate of drug-likeness (QED) is 0.258. The van der Waals surface area contributed by atoms with Gasteiger partial charge in [-0.05, 0) is 59.9 Å². The van der Waals surface area contributed by atoms with Crippen LogP contribution >= 0.6 is 0 Å². The van der Waals surface area contributed by atoms with Crippen molar-refractivity contribution in [2.24, 2.45) is 0 Å². The van der Waals surface area contributed by atoms with Crippen molar-refractivity contribution in [1.29, 1.82) is 0 Å². The Labute approximate surface area is 151 Å². The zero-order chi connectivity index (χ0) is 17.1. The molecule has 0 saturated carbocycles. The van der Waals surface area contributed by atoms with Gasteiger partial charge in [-0.2, -0.15) is 0 Å². The van der Waals surface area contributed by atoms with Crippen molar-refractivity contribution in [2.45, 2.75) is 0 Å². The number of hydrogen-bond acceptors (Lipinski definition) is 0. The molecule has 0 saturated heterocycles. The summed E-state index contributed by atoms with van der Waals surface area (Å²) in [4.78, 5) is 0. The second kappa shape index (κ2) is 5.06. The van der Waals surface area contributed by atoms with Crippen LogP contribution in [0, 0.1) is 6.07 Å². The highest BCUT2D eigenvalue weighted by Crippen LogP contribution is 2.40. The van der Waals surface area contributed by atoms with Crippen LogP contribution in [0.5, 0.6) is 0 Å². The van der Waals surface area contributed by atoms with Gasteiger partial charge in [0.1, 0.15) is 0 Å². The predicted molar refractivity (Wildman–Crippen MR) is 113 cm³/mol. The molecule has 119 valence electrons. The van der Waals surface area contributed by atoms with Crippen LogP contribution in [-0.4, -0.2) is 0 Å². The SMILES string of the molecule is [c]1cccc2c1c1ccccc1c1c2ccc2ccc3ccccc3c21. The highest BCUT2D eigenvalue weighted by molar-refractivity contribution is 6.34. The molecule has 0 aliphatic heterocycles. The molecule has 0 heterocycles. The lowest BCUT2D eigenvalue weighted by molar-refractivity contribution is 1.77. The van der Waals surface area contributed by atoms with E-state index in [1.54, 1.807) is 0 Å². The maximum Gasteiger partial charge on any atom is -0.00141 e. The van der Waals surface area contributed by atoms with Crippen LogP contribution in [0.4, 0.5) is 0 Å². The second-order valence-corrected chi connectivity index (χ2v) is 6.88. The van der Waals surface area contributed by atoms with E-state index in [0.29, 0.717) is 0 Å². The zero-order valence-corrected chi connectivity index (χ0v) is 14.2. The summed E-state index contributed by atoms with van der Waals surface area (Å²) in [5, 5.41) is 13.0. The van der Waals surface area contributed by atoms with Crippen LogP contribution in [0.2, 0.25) is 0 Å². The van der Waals surface area contributed by atoms with Crippen LogP contribution in [-0.2, 0) is 0 Å². The first kappa shape index (κ1) is 13.9. The van der Waals surface area contributed by atoms with E-state index >= 15 is 0 Å². The first-order chi connectivity index (χ1) is 12.9. The van der Waals surface area contributed by atoms with Gasteiger partial charge in [-0.25, -0.2) is 0 Å². The topological polar surface area (TPSA) is 0 Å². The van der Waals surface area contributed by atoms with Crippen LogP contribution in [0.3, 0.4) is 0 Å². The van der Waals surface area contributed by atoms with E-state index in [-0.39, 0.29) is 0 Å². The Bertz CT molecular complexity index is 1430. The number of rotatable bonds is 0. The smallest absolute Gasteiger partial charge is 0.00141 e. The molecule has 0 N–H and O–H groups in total. The van der Waals surface area contributed by atoms with Gasteiger partial charge in [0.15, 0.2) is 0 Å². The molecule has 0 atom stereocenters. The van der Waals surface area contributed by atoms with E-state index in [4.69, 9.17) is 0 Å². The summed E-state index contributed by atoms with van der Waals surface area (Å²) in [5.41, 5.74) is 0. The van der Waals surface area contributed by atoms with Gasteiger partial charge >= 0.3 is 0 Å². The summed E-state index contributed by atoms with van der Waals surface area (Å²) in [6.45, 7) is 0. The molecule has 0 aliphatic rings. The molecule has 0 nitrogen and oxygen atoms in total. The minimum absolute atomic E-state index is 1.20. The van der Waals surface area contributed by atoms with Gasteiger partial charge in [0.25, 0.3) is 0 Å². The molecule has 0 spiro atoms. The average Bonchev–Trinajstić information content (AvgIpc) is 2.73. The number of hydrogen-bond donors (Lipinski definition) is 0. The summed E-state index contributed by atoms with van der Waals surface area (Å²) < 4.78 is 0. The molecule has 0 heteroatoms. The van der Waals surface area contributed by atoms with Gasteiger partial charge < -0.3 is 0 Å². The Morgan fingerprint density at radius 2 is 1.04 bits per heavy atom. The van der Waals surface area contributed by atoms with E-state index in [1.165, 1.54) is 53.9 Å². The Morgan fingerprint density at radius 1 is 0.423 bits per heavy atom. The largest absolute Gasteiger partial charge is 0.0616 e. The Morgan fingerprint density at radius 3 is 1.92 bits per heavy atom. The molecule has 1 radical (unpaired) electrons. The molecule has 0 aliphatic carbocycles. The Kier molecular flexibility index (Phi) is 2.70. The fourth-order valence-corrected chi connectivity index (χ4v) is 4.40. The van der Waals surface area contributed by atoms with Crippen molar-refractivity contribution < 1.29 is 0 Å². The Hall–Kier alpha value is -3.38. The van der Waals surface area contributed by atoms with Gasteiger partial charge in [-0.15, -0.1) is 0 Å². The standard InChI is InChI=1S/C26H15/c1-2-8-19-17(7-1)13-14-18-15-16-24-22-11-4-3-9-20(22)21-10-5-6-12-23(21)26(24)25(18)19/h1-8,10-16H. The van der Waals surface area contributed by atoms with Crippen molar-refractivity contribution in [2.75, 3.05) is 0 Å². The van der Waals surface area contributed by atoms with Gasteiger partial charge in [-0.3, -0.25) is 0 Å². The van der Waals surface area contributed by atoms with Crippen molar-refractivity contribution in [3.05, 3.63) is 97.1 Å². The number of fused-ring (bicyclic) bond motifs is 10. The zero-order valence-electron chi connectivity index (χ0n) is 14.2. The molecule has 6 rings (SSSR count). The summed E-state index contributed by atoms with van der Waals surface area (Å²) >= 11 is 0. The third kappa shape index (κ3) is 1.74. The minimum Gasteiger partial charge on any atom is -0.0616 e. The molecule has 0 bridgehead atoms. The highest BCUT2D eigenvalue weighted by atomic mass is 14.1. The van der Waals surface area contributed by atoms with E-state index < -0.39 is 0 Å². The van der Waals surface area contributed by atoms with Crippen LogP contribution in [0.15, 0.2) is 91.0 Å². The average molecular weight is 327 g/mol. The first-order valence-electron chi connectivity index (χ1n) is 8.97. The molecule has 0 unspecified atom stereocenters. The highest BCUT2D eigenvalue weighted by Gasteiger charge is 2.12. The second-order valence-electron chi connectivity index (χ2n) is 6.88. The Balaban J connectivity index is 2.06. The van der Waals surface area contributed by atoms with Gasteiger partial charge in [0.05, 0.1) is 0 Å². The van der Waals surface area contributed by atoms with Gasteiger partial charge in [0.2, 0.25) is 0 Å². The molecule has 26 heavy (non-hydrogen) atoms. The van der Waals surface area contributed by atoms with Crippen LogP contribution in [0.1, 0.15) is 0 Å². The summed E-state index contributed by atoms with van der Waals surface area (Å²) in [7, 11) is 0. The monoisotopic (exact) mass is 327 g/mol. The van der Waals surface area contributed by atoms with Gasteiger partial charge in [-0.1, -0.05) is 91.0 Å². The summed E-state index contributed by atoms with van der Waals surface area (Å²) in [6.07, 6.45) is 0. The van der Waals surface area contributed by atoms with Crippen molar-refractivity contribution in [3.8, 4) is 0 Å². The fraction of sp³-hybridized carbons (Fsp3) is 0. The third-order valence-corrected chi connectivity index (χ3v) is 5.52. The van der Waals surface area contributed by atoms with Crippen molar-refractivity contribution in [3.63, 3.8) is 0 Å². The lowest BCUT2D eigenvalue weighted by Gasteiger charge is -2.14. The normalized spacial score (nSPS) is 11.8. The van der Waals surface area contributed by atoms with Crippen LogP contribution in [0.25, 0.3) is 53.9 Å². The third-order valence-electron chi connectivity index (χ3n) is 5.52. The summed E-state index contributed by atoms with van der Waals surface area (Å²) in [6, 6.07) is 36.2. The predicted octanol–water partition coefficient (Wildman–Crippen LogP) is 7.25. The molecule has 0 aromatic heterocycles. The lowest BCUT2D eigenvalue weighted by Crippen LogP contribution is -1.86. The lowest BCUT2D eigenvalue weighted by atomic mass is 9.89. The number of benzene rings is 6.